The molecule has 0 bridgehead atoms. The van der Waals surface area contributed by atoms with E-state index < -0.39 is 0 Å². The van der Waals surface area contributed by atoms with Crippen molar-refractivity contribution in [2.75, 3.05) is 48.1 Å². The third-order valence-corrected chi connectivity index (χ3v) is 8.38. The van der Waals surface area contributed by atoms with Gasteiger partial charge in [-0.05, 0) is 31.4 Å². The molecule has 1 aliphatic carbocycles. The van der Waals surface area contributed by atoms with Crippen LogP contribution in [-0.2, 0) is 11.2 Å². The van der Waals surface area contributed by atoms with Crippen LogP contribution in [0.15, 0.2) is 30.3 Å². The van der Waals surface area contributed by atoms with Gasteiger partial charge < -0.3 is 18.9 Å². The molecule has 7 nitrogen and oxygen atoms in total. The van der Waals surface area contributed by atoms with Crippen molar-refractivity contribution in [3.05, 3.63) is 36.0 Å². The van der Waals surface area contributed by atoms with Crippen LogP contribution in [0, 0.1) is 5.92 Å². The minimum Gasteiger partial charge on any atom is -0.496 e. The second-order valence-corrected chi connectivity index (χ2v) is 10.4. The van der Waals surface area contributed by atoms with Crippen molar-refractivity contribution in [1.82, 2.24) is 14.1 Å². The minimum absolute atomic E-state index is 0.534. The van der Waals surface area contributed by atoms with Crippen LogP contribution in [0.2, 0.25) is 0 Å². The maximum Gasteiger partial charge on any atom is 0.182 e. The van der Waals surface area contributed by atoms with E-state index in [9.17, 15) is 0 Å². The number of methoxy groups -OCH3 is 3. The molecule has 5 rings (SSSR count). The van der Waals surface area contributed by atoms with E-state index in [1.165, 1.54) is 37.2 Å². The molecule has 2 aromatic heterocycles. The Labute approximate surface area is 214 Å². The molecule has 1 saturated carbocycles. The lowest BCUT2D eigenvalue weighted by molar-refractivity contribution is 0.0357. The third-order valence-electron chi connectivity index (χ3n) is 8.38. The summed E-state index contributed by atoms with van der Waals surface area (Å²) in [5, 5.41) is 5.24. The number of fused-ring (bicyclic) bond motifs is 1. The summed E-state index contributed by atoms with van der Waals surface area (Å²) in [5.41, 5.74) is 5.53. The molecule has 1 aliphatic heterocycles. The second-order valence-electron chi connectivity index (χ2n) is 10.4. The molecular formula is C29H40N3O4+. The maximum absolute atomic E-state index is 5.82. The van der Waals surface area contributed by atoms with Gasteiger partial charge in [0.05, 0.1) is 65.4 Å². The van der Waals surface area contributed by atoms with E-state index >= 15 is 0 Å². The number of aromatic nitrogens is 2. The van der Waals surface area contributed by atoms with Crippen LogP contribution in [0.3, 0.4) is 0 Å². The number of hydrogen-bond acceptors (Lipinski definition) is 5. The average Bonchev–Trinajstić information content (AvgIpc) is 3.30. The molecule has 0 N–H and O–H groups in total. The van der Waals surface area contributed by atoms with E-state index in [2.05, 4.69) is 36.7 Å². The van der Waals surface area contributed by atoms with Gasteiger partial charge in [0.15, 0.2) is 5.69 Å². The van der Waals surface area contributed by atoms with Crippen molar-refractivity contribution in [2.45, 2.75) is 51.5 Å². The molecule has 7 heteroatoms. The molecule has 1 unspecified atom stereocenters. The molecule has 0 radical (unpaired) electrons. The third kappa shape index (κ3) is 4.22. The molecule has 1 saturated heterocycles. The number of ether oxygens (including phenoxy) is 4. The Hall–Kier alpha value is -2.77. The van der Waals surface area contributed by atoms with Crippen molar-refractivity contribution >= 4 is 11.2 Å². The summed E-state index contributed by atoms with van der Waals surface area (Å²) in [4.78, 5) is 0. The molecule has 0 spiro atoms. The molecule has 1 atom stereocenters. The van der Waals surface area contributed by atoms with E-state index in [-0.39, 0.29) is 0 Å². The van der Waals surface area contributed by atoms with Gasteiger partial charge in [0.2, 0.25) is 0 Å². The number of hydrogen-bond donors (Lipinski definition) is 0. The fraction of sp³-hybridized carbons (Fsp3) is 0.552. The van der Waals surface area contributed by atoms with Gasteiger partial charge in [-0.25, -0.2) is 4.52 Å². The summed E-state index contributed by atoms with van der Waals surface area (Å²) >= 11 is 0. The van der Waals surface area contributed by atoms with Gasteiger partial charge in [0, 0.05) is 30.9 Å². The fourth-order valence-corrected chi connectivity index (χ4v) is 6.24. The van der Waals surface area contributed by atoms with E-state index in [0.717, 1.165) is 59.7 Å². The number of aryl methyl sites for hydroxylation is 1. The lowest BCUT2D eigenvalue weighted by atomic mass is 9.83. The van der Waals surface area contributed by atoms with Crippen molar-refractivity contribution in [1.29, 1.82) is 0 Å². The first-order valence-corrected chi connectivity index (χ1v) is 13.3. The fourth-order valence-electron chi connectivity index (χ4n) is 6.24. The molecule has 0 amide bonds. The lowest BCUT2D eigenvalue weighted by Crippen LogP contribution is -2.58. The van der Waals surface area contributed by atoms with Crippen LogP contribution in [0.4, 0.5) is 5.69 Å². The van der Waals surface area contributed by atoms with Crippen molar-refractivity contribution in [2.24, 2.45) is 5.92 Å². The average molecular weight is 495 g/mol. The Bertz CT molecular complexity index is 1190. The summed E-state index contributed by atoms with van der Waals surface area (Å²) in [5.74, 6) is 2.87. The zero-order valence-electron chi connectivity index (χ0n) is 22.4. The van der Waals surface area contributed by atoms with Gasteiger partial charge in [-0.3, -0.25) is 4.48 Å². The van der Waals surface area contributed by atoms with Gasteiger partial charge in [-0.2, -0.15) is 5.10 Å². The molecule has 36 heavy (non-hydrogen) atoms. The molecule has 3 aromatic rings. The Morgan fingerprint density at radius 3 is 2.25 bits per heavy atom. The summed E-state index contributed by atoms with van der Waals surface area (Å²) in [6.45, 7) is 5.07. The molecule has 3 heterocycles. The number of pyridine rings is 1. The van der Waals surface area contributed by atoms with Gasteiger partial charge >= 0.3 is 0 Å². The molecule has 2 aliphatic rings. The van der Waals surface area contributed by atoms with E-state index in [0.29, 0.717) is 23.3 Å². The summed E-state index contributed by atoms with van der Waals surface area (Å²) in [6, 6.07) is 10.8. The number of nitrogens with zero attached hydrogens (tertiary/aromatic N) is 3. The highest BCUT2D eigenvalue weighted by molar-refractivity contribution is 5.82. The van der Waals surface area contributed by atoms with Gasteiger partial charge in [0.1, 0.15) is 28.5 Å². The van der Waals surface area contributed by atoms with Crippen LogP contribution in [0.5, 0.6) is 17.2 Å². The lowest BCUT2D eigenvalue weighted by Gasteiger charge is -2.46. The topological polar surface area (TPSA) is 54.2 Å². The first-order valence-electron chi connectivity index (χ1n) is 13.3. The molecule has 2 fully saturated rings. The Kier molecular flexibility index (Phi) is 7.13. The van der Waals surface area contributed by atoms with Crippen molar-refractivity contribution in [3.8, 4) is 28.5 Å². The first kappa shape index (κ1) is 24.9. The number of quaternary nitrogens is 1. The number of benzene rings is 1. The SMILES string of the molecule is CCc1nn2c(-c3c(OC)cc(OC)cc3OC)cccc2c1[N+](C)(CC1CCC1)C1CCOCC1. The predicted molar refractivity (Wildman–Crippen MR) is 143 cm³/mol. The molecule has 194 valence electrons. The van der Waals surface area contributed by atoms with Gasteiger partial charge in [-0.15, -0.1) is 0 Å². The zero-order chi connectivity index (χ0) is 25.3. The van der Waals surface area contributed by atoms with Gasteiger partial charge in [-0.1, -0.05) is 19.4 Å². The van der Waals surface area contributed by atoms with E-state index in [4.69, 9.17) is 24.0 Å². The quantitative estimate of drug-likeness (QED) is 0.368. The summed E-state index contributed by atoms with van der Waals surface area (Å²) < 4.78 is 25.9. The predicted octanol–water partition coefficient (Wildman–Crippen LogP) is 5.51. The number of rotatable bonds is 9. The highest BCUT2D eigenvalue weighted by Gasteiger charge is 2.43. The van der Waals surface area contributed by atoms with E-state index in [1.807, 2.05) is 12.1 Å². The van der Waals surface area contributed by atoms with Gasteiger partial charge in [0.25, 0.3) is 0 Å². The smallest absolute Gasteiger partial charge is 0.182 e. The normalized spacial score (nSPS) is 18.6. The summed E-state index contributed by atoms with van der Waals surface area (Å²) in [6.07, 6.45) is 7.09. The van der Waals surface area contributed by atoms with Crippen LogP contribution in [0.1, 0.15) is 44.7 Å². The summed E-state index contributed by atoms with van der Waals surface area (Å²) in [7, 11) is 7.47. The highest BCUT2D eigenvalue weighted by atomic mass is 16.5. The minimum atomic E-state index is 0.534. The van der Waals surface area contributed by atoms with Crippen LogP contribution in [0.25, 0.3) is 16.8 Å². The highest BCUT2D eigenvalue weighted by Crippen LogP contribution is 2.45. The zero-order valence-corrected chi connectivity index (χ0v) is 22.4. The Morgan fingerprint density at radius 1 is 1.00 bits per heavy atom. The first-order chi connectivity index (χ1) is 17.5. The maximum atomic E-state index is 5.82. The van der Waals surface area contributed by atoms with Crippen molar-refractivity contribution in [3.63, 3.8) is 0 Å². The van der Waals surface area contributed by atoms with Crippen molar-refractivity contribution < 1.29 is 18.9 Å². The van der Waals surface area contributed by atoms with Crippen LogP contribution >= 0.6 is 0 Å². The molecular weight excluding hydrogens is 454 g/mol. The standard InChI is InChI=1S/C29H40N3O4/c1-6-23-29(32(2,19-20-9-7-10-20)21-13-15-36-16-14-21)25-12-8-11-24(31(25)30-23)28-26(34-4)17-22(33-3)18-27(28)35-5/h8,11-12,17-18,20-21H,6-7,9-10,13-16,19H2,1-5H3/q+1. The van der Waals surface area contributed by atoms with Crippen LogP contribution < -0.4 is 18.7 Å². The second kappa shape index (κ2) is 10.3. The monoisotopic (exact) mass is 494 g/mol. The van der Waals surface area contributed by atoms with E-state index in [1.54, 1.807) is 21.3 Å². The largest absolute Gasteiger partial charge is 0.496 e. The Balaban J connectivity index is 1.73. The molecule has 1 aromatic carbocycles. The van der Waals surface area contributed by atoms with Crippen LogP contribution in [-0.4, -0.2) is 63.8 Å². The Morgan fingerprint density at radius 2 is 1.69 bits per heavy atom.